The van der Waals surface area contributed by atoms with Crippen molar-refractivity contribution < 1.29 is 29.0 Å². The molecule has 25 heavy (non-hydrogen) atoms. The smallest absolute Gasteiger partial charge is 0.300 e. The lowest BCUT2D eigenvalue weighted by atomic mass is 10.7. The highest BCUT2D eigenvalue weighted by atomic mass is 16.5. The third-order valence-electron chi connectivity index (χ3n) is 0.800. The molecule has 0 aromatic carbocycles. The van der Waals surface area contributed by atoms with Crippen molar-refractivity contribution in [3.05, 3.63) is 0 Å². The van der Waals surface area contributed by atoms with Crippen LogP contribution in [0.15, 0.2) is 0 Å². The van der Waals surface area contributed by atoms with Crippen molar-refractivity contribution >= 4 is 24.3 Å². The Morgan fingerprint density at radius 2 is 0.880 bits per heavy atom. The fourth-order valence-electron chi connectivity index (χ4n) is 0. The predicted molar refractivity (Wildman–Crippen MR) is 109 cm³/mol. The van der Waals surface area contributed by atoms with Crippen LogP contribution in [0.4, 0.5) is 0 Å². The maximum absolute atomic E-state index is 9.70. The molecule has 0 aromatic heterocycles. The molecule has 0 fully saturated rings. The first-order valence-electron chi connectivity index (χ1n) is 6.72. The number of rotatable bonds is 1. The average Bonchev–Trinajstić information content (AvgIpc) is 2.51. The molecule has 0 aromatic rings. The van der Waals surface area contributed by atoms with Crippen LogP contribution in [0.3, 0.4) is 0 Å². The molecule has 8 nitrogen and oxygen atoms in total. The van der Waals surface area contributed by atoms with Crippen LogP contribution in [-0.2, 0) is 23.9 Å². The number of carboxylic acids is 1. The molecule has 0 saturated carbocycles. The Labute approximate surface area is 156 Å². The Morgan fingerprint density at radius 1 is 0.800 bits per heavy atom. The van der Waals surface area contributed by atoms with Crippen molar-refractivity contribution in [2.24, 2.45) is 0 Å². The van der Waals surface area contributed by atoms with Gasteiger partial charge in [-0.05, 0) is 0 Å². The van der Waals surface area contributed by atoms with Gasteiger partial charge in [-0.3, -0.25) is 19.2 Å². The van der Waals surface area contributed by atoms with Crippen LogP contribution in [0.2, 0.25) is 0 Å². The molecule has 0 unspecified atom stereocenters. The molecule has 0 radical (unpaired) electrons. The number of amides is 2. The van der Waals surface area contributed by atoms with Gasteiger partial charge in [0.2, 0.25) is 11.8 Å². The van der Waals surface area contributed by atoms with E-state index in [1.807, 2.05) is 27.7 Å². The summed E-state index contributed by atoms with van der Waals surface area (Å²) >= 11 is 0. The summed E-state index contributed by atoms with van der Waals surface area (Å²) in [5, 5.41) is 12.2. The largest absolute Gasteiger partial charge is 0.481 e. The maximum atomic E-state index is 9.70. The highest BCUT2D eigenvalue weighted by Gasteiger charge is 1.73. The second kappa shape index (κ2) is 80.6. The molecule has 0 aliphatic carbocycles. The van der Waals surface area contributed by atoms with Crippen molar-refractivity contribution in [3.63, 3.8) is 0 Å². The van der Waals surface area contributed by atoms with Crippen LogP contribution in [-0.4, -0.2) is 50.6 Å². The van der Waals surface area contributed by atoms with Gasteiger partial charge in [-0.15, -0.1) is 0 Å². The zero-order valence-corrected chi connectivity index (χ0v) is 15.6. The molecule has 0 spiro atoms. The van der Waals surface area contributed by atoms with E-state index in [-0.39, 0.29) is 34.1 Å². The number of carboxylic acid groups (broad SMARTS) is 1. The molecule has 0 saturated heterocycles. The first-order valence-corrected chi connectivity index (χ1v) is 6.72. The molecule has 0 atom stereocenters. The summed E-state index contributed by atoms with van der Waals surface area (Å²) < 4.78 is 3.86. The monoisotopic (exact) mass is 374 g/mol. The van der Waals surface area contributed by atoms with Crippen LogP contribution >= 0.6 is 0 Å². The molecular weight excluding hydrogens is 328 g/mol. The topological polar surface area (TPSA) is 122 Å². The van der Waals surface area contributed by atoms with Gasteiger partial charge in [-0.25, -0.2) is 0 Å². The lowest BCUT2D eigenvalue weighted by Crippen LogP contribution is -2.11. The molecule has 160 valence electrons. The zero-order valence-electron chi connectivity index (χ0n) is 15.6. The fourth-order valence-corrected chi connectivity index (χ4v) is 0. The second-order valence-corrected chi connectivity index (χ2v) is 2.46. The summed E-state index contributed by atoms with van der Waals surface area (Å²) in [5.41, 5.74) is 0. The van der Waals surface area contributed by atoms with Gasteiger partial charge >= 0.3 is 0 Å². The summed E-state index contributed by atoms with van der Waals surface area (Å²) in [4.78, 5) is 37.4. The predicted octanol–water partition coefficient (Wildman–Crippen LogP) is 3.35. The first kappa shape index (κ1) is 56.9. The summed E-state index contributed by atoms with van der Waals surface area (Å²) in [5.74, 6) is -0.824. The molecule has 3 N–H and O–H groups in total. The second-order valence-electron chi connectivity index (χ2n) is 2.46. The van der Waals surface area contributed by atoms with Gasteiger partial charge in [0, 0.05) is 34.9 Å². The molecule has 0 rings (SSSR count). The molecule has 0 heterocycles. The Kier molecular flexibility index (Phi) is 183. The minimum Gasteiger partial charge on any atom is -0.481 e. The maximum Gasteiger partial charge on any atom is 0.300 e. The quantitative estimate of drug-likeness (QED) is 0.605. The van der Waals surface area contributed by atoms with E-state index in [2.05, 4.69) is 15.4 Å². The van der Waals surface area contributed by atoms with E-state index in [0.29, 0.717) is 6.47 Å². The average molecular weight is 375 g/mol. The van der Waals surface area contributed by atoms with Crippen molar-refractivity contribution in [1.29, 1.82) is 0 Å². The van der Waals surface area contributed by atoms with Crippen LogP contribution in [0.25, 0.3) is 0 Å². The summed E-state index contributed by atoms with van der Waals surface area (Å²) in [6, 6.07) is 0. The highest BCUT2D eigenvalue weighted by Crippen LogP contribution is 1.45. The molecule has 2 amide bonds. The molecular formula is C17H46N2O6. The van der Waals surface area contributed by atoms with Crippen molar-refractivity contribution in [2.45, 2.75) is 70.7 Å². The zero-order chi connectivity index (χ0) is 19.6. The highest BCUT2D eigenvalue weighted by molar-refractivity contribution is 5.72. The number of nitrogens with one attached hydrogen (secondary N) is 2. The van der Waals surface area contributed by atoms with E-state index in [4.69, 9.17) is 14.7 Å². The fraction of sp³-hybridized carbons (Fsp3) is 0.765. The number of methoxy groups -OCH3 is 1. The minimum atomic E-state index is -0.833. The van der Waals surface area contributed by atoms with E-state index < -0.39 is 5.97 Å². The lowest BCUT2D eigenvalue weighted by Gasteiger charge is -1.80. The Hall–Kier alpha value is -2.12. The number of hydrogen-bond donors (Lipinski definition) is 3. The van der Waals surface area contributed by atoms with Crippen LogP contribution < -0.4 is 10.6 Å². The van der Waals surface area contributed by atoms with Gasteiger partial charge in [-0.1, -0.05) is 50.0 Å². The SMILES string of the molecule is C.C.C.CC.CC.CC(=O)O.CNC(C)=O.CNC(C)=O.COC=O. The minimum absolute atomic E-state index is 0. The van der Waals surface area contributed by atoms with E-state index in [9.17, 15) is 9.59 Å². The van der Waals surface area contributed by atoms with E-state index in [1.54, 1.807) is 14.1 Å². The van der Waals surface area contributed by atoms with E-state index in [1.165, 1.54) is 21.0 Å². The van der Waals surface area contributed by atoms with Crippen LogP contribution in [0, 0.1) is 0 Å². The molecule has 0 aliphatic rings. The third-order valence-corrected chi connectivity index (χ3v) is 0.800. The van der Waals surface area contributed by atoms with Crippen molar-refractivity contribution in [3.8, 4) is 0 Å². The van der Waals surface area contributed by atoms with Gasteiger partial charge in [0.1, 0.15) is 0 Å². The number of hydrogen-bond acceptors (Lipinski definition) is 5. The Morgan fingerprint density at radius 3 is 0.880 bits per heavy atom. The molecule has 0 bridgehead atoms. The standard InChI is InChI=1S/2C3H7NO.2C2H4O2.2C2H6.3CH4/c2*1-3(5)4-2;1-4-2-3;1-2(3)4;2*1-2;;;/h2*1-2H3,(H,4,5);2H,1H3;1H3,(H,3,4);2*1-2H3;3*1H4. The van der Waals surface area contributed by atoms with Gasteiger partial charge in [0.05, 0.1) is 7.11 Å². The summed E-state index contributed by atoms with van der Waals surface area (Å²) in [6.07, 6.45) is 0. The van der Waals surface area contributed by atoms with Gasteiger partial charge in [0.15, 0.2) is 0 Å². The summed E-state index contributed by atoms with van der Waals surface area (Å²) in [7, 11) is 4.51. The normalized spacial score (nSPS) is 5.04. The Bertz CT molecular complexity index is 217. The molecule has 0 aliphatic heterocycles. The van der Waals surface area contributed by atoms with Crippen molar-refractivity contribution in [2.75, 3.05) is 21.2 Å². The van der Waals surface area contributed by atoms with E-state index in [0.717, 1.165) is 6.92 Å². The van der Waals surface area contributed by atoms with Crippen molar-refractivity contribution in [1.82, 2.24) is 10.6 Å². The lowest BCUT2D eigenvalue weighted by molar-refractivity contribution is -0.134. The van der Waals surface area contributed by atoms with Gasteiger partial charge in [-0.2, -0.15) is 0 Å². The summed E-state index contributed by atoms with van der Waals surface area (Å²) in [6.45, 7) is 12.4. The Balaban J connectivity index is -0.0000000177. The van der Waals surface area contributed by atoms with Crippen LogP contribution in [0.1, 0.15) is 70.7 Å². The van der Waals surface area contributed by atoms with Crippen LogP contribution in [0.5, 0.6) is 0 Å². The van der Waals surface area contributed by atoms with E-state index >= 15 is 0 Å². The number of carbonyl (C=O) groups is 4. The number of aliphatic carboxylic acids is 1. The first-order chi connectivity index (χ1) is 10.2. The van der Waals surface area contributed by atoms with Gasteiger partial charge < -0.3 is 20.5 Å². The van der Waals surface area contributed by atoms with Gasteiger partial charge in [0.25, 0.3) is 12.4 Å². The molecule has 8 heteroatoms. The number of carbonyl (C=O) groups excluding carboxylic acids is 3. The third kappa shape index (κ3) is 1040. The number of ether oxygens (including phenoxy) is 1.